The number of carbonyl (C=O) groups is 9. The summed E-state index contributed by atoms with van der Waals surface area (Å²) in [6.45, 7) is 20.6. The van der Waals surface area contributed by atoms with Crippen molar-refractivity contribution in [2.75, 3.05) is 155 Å². The van der Waals surface area contributed by atoms with Crippen molar-refractivity contribution >= 4 is 87.2 Å². The van der Waals surface area contributed by atoms with Crippen LogP contribution >= 0.6 is 11.8 Å². The molecule has 6 rings (SSSR count). The highest BCUT2D eigenvalue weighted by molar-refractivity contribution is 7.99. The Kier molecular flexibility index (Phi) is 52.8. The summed E-state index contributed by atoms with van der Waals surface area (Å²) < 4.78 is 52.0. The van der Waals surface area contributed by atoms with Crippen molar-refractivity contribution in [3.8, 4) is 0 Å². The predicted octanol–water partition coefficient (Wildman–Crippen LogP) is 14.9. The van der Waals surface area contributed by atoms with Gasteiger partial charge in [-0.15, -0.1) is 0 Å². The predicted molar refractivity (Wildman–Crippen MR) is 493 cm³/mol. The summed E-state index contributed by atoms with van der Waals surface area (Å²) in [4.78, 5) is 117. The molecule has 3 aliphatic rings. The third-order valence-corrected chi connectivity index (χ3v) is 23.6. The molecule has 2 heterocycles. The van der Waals surface area contributed by atoms with Crippen molar-refractivity contribution in [1.29, 1.82) is 0 Å². The lowest BCUT2D eigenvalue weighted by Crippen LogP contribution is -2.46. The van der Waals surface area contributed by atoms with Crippen molar-refractivity contribution < 1.29 is 95.5 Å². The Balaban J connectivity index is 0.847. The van der Waals surface area contributed by atoms with E-state index in [9.17, 15) is 48.3 Å². The molecule has 0 saturated carbocycles. The number of aliphatic hydroxyl groups excluding tert-OH is 1. The Labute approximate surface area is 749 Å². The number of unbranched alkanes of at least 4 members (excludes halogenated alkanes) is 14. The molecule has 4 amide bonds. The highest BCUT2D eigenvalue weighted by Crippen LogP contribution is 2.48. The van der Waals surface area contributed by atoms with Gasteiger partial charge in [-0.05, 0) is 130 Å². The van der Waals surface area contributed by atoms with E-state index in [1.54, 1.807) is 0 Å². The van der Waals surface area contributed by atoms with Crippen LogP contribution in [0.15, 0.2) is 114 Å². The number of fused-ring (bicyclic) bond motifs is 2. The van der Waals surface area contributed by atoms with Gasteiger partial charge >= 0.3 is 5.97 Å². The molecule has 0 saturated heterocycles. The standard InChI is InChI=1S/C99H148N6O19S/c1-8-11-12-13-14-15-16-17-18-19-20-21-22-41-95(114)124-68-69-125-75-85(89(110)48-51-93(112)102-84(70-106)88(109)40-28-30-57-117-61-65-121-67-63-119-59-52-81(108)72-122-73-92(100)111)103-94(113)74-123-71-80(107)35-27-29-56-116-60-64-120-66-62-118-58-32-53-101-97(115)79-44-42-78(43-45-79)96-76(46-49-90-98(4,5)82-36-23-25-38-86(82)104(90)54-9-2)33-31-34-77(96)47-50-91-99(6,7)83-37-24-26-39-87(83)105(91)55-10-3/h23-26,36-39,42-47,49-50,84-85,106H,8-22,27-35,40-41,48,51-75H2,1-7H3,(H4-,100,101,102,103,111,112,113,115)/p+1/t84-,85+/m1/s1. The molecule has 0 fully saturated rings. The minimum absolute atomic E-state index is 0.0656. The Morgan fingerprint density at radius 1 is 0.512 bits per heavy atom. The third-order valence-electron chi connectivity index (χ3n) is 22.6. The molecular formula is C99H149N6O19S+. The van der Waals surface area contributed by atoms with Crippen molar-refractivity contribution in [1.82, 2.24) is 16.0 Å². The highest BCUT2D eigenvalue weighted by atomic mass is 32.2. The Bertz CT molecular complexity index is 3930. The van der Waals surface area contributed by atoms with Gasteiger partial charge in [0.25, 0.3) is 5.91 Å². The fraction of sp³-hybridized carbons (Fsp3) is 0.636. The molecule has 125 heavy (non-hydrogen) atoms. The van der Waals surface area contributed by atoms with Crippen molar-refractivity contribution in [2.24, 2.45) is 5.73 Å². The van der Waals surface area contributed by atoms with Crippen LogP contribution in [0.5, 0.6) is 0 Å². The number of aliphatic hydroxyl groups is 1. The number of carbonyl (C=O) groups excluding carboxylic acids is 9. The molecule has 0 aromatic heterocycles. The summed E-state index contributed by atoms with van der Waals surface area (Å²) in [6.07, 6.45) is 33.0. The van der Waals surface area contributed by atoms with Gasteiger partial charge < -0.3 is 74.3 Å². The number of primary amides is 1. The first-order valence-corrected chi connectivity index (χ1v) is 47.5. The van der Waals surface area contributed by atoms with E-state index in [1.807, 2.05) is 12.1 Å². The molecule has 694 valence electrons. The molecule has 2 atom stereocenters. The second-order valence-electron chi connectivity index (χ2n) is 33.5. The van der Waals surface area contributed by atoms with Gasteiger partial charge in [0.15, 0.2) is 28.8 Å². The number of hydrogen-bond acceptors (Lipinski definition) is 21. The van der Waals surface area contributed by atoms with Gasteiger partial charge in [0, 0.05) is 129 Å². The van der Waals surface area contributed by atoms with Crippen molar-refractivity contribution in [3.05, 3.63) is 136 Å². The molecule has 0 radical (unpaired) electrons. The number of ether oxygens (including phenoxy) is 9. The fourth-order valence-corrected chi connectivity index (χ4v) is 16.6. The number of esters is 1. The van der Waals surface area contributed by atoms with Crippen LogP contribution in [0.2, 0.25) is 0 Å². The first kappa shape index (κ1) is 106. The number of nitrogens with zero attached hydrogens (tertiary/aromatic N) is 2. The summed E-state index contributed by atoms with van der Waals surface area (Å²) >= 11 is 1.29. The number of para-hydroxylation sites is 2. The van der Waals surface area contributed by atoms with Gasteiger partial charge in [0.1, 0.15) is 45.6 Å². The zero-order valence-electron chi connectivity index (χ0n) is 76.3. The van der Waals surface area contributed by atoms with E-state index < -0.39 is 48.8 Å². The number of nitrogens with one attached hydrogen (secondary N) is 3. The molecule has 1 aliphatic carbocycles. The van der Waals surface area contributed by atoms with Crippen molar-refractivity contribution in [2.45, 2.75) is 258 Å². The number of amides is 4. The fourth-order valence-electron chi connectivity index (χ4n) is 15.7. The molecule has 26 heteroatoms. The molecule has 0 unspecified atom stereocenters. The average molecular weight is 1760 g/mol. The maximum atomic E-state index is 13.7. The first-order valence-electron chi connectivity index (χ1n) is 46.4. The largest absolute Gasteiger partial charge is 0.465 e. The van der Waals surface area contributed by atoms with E-state index >= 15 is 0 Å². The number of allylic oxidation sites excluding steroid dienone is 8. The SMILES string of the molecule is CCCCCCCCCCCCCCCC(=O)OCCSC[C@H](NC(=O)COCC(=O)CCCCOCCOCCOCCCNC(=O)c1ccc(C2=C(/C=C/C3=[N+](CCC)c4ccccc4C3(C)C)CCC/C2=C\C=C2\N(CCC)c3ccccc3C2(C)C)cc1)C(=O)CCC(=O)N[C@H](CO)C(=O)CCCCOCCOCCOCCC(=O)COCC(N)=O. The van der Waals surface area contributed by atoms with Crippen LogP contribution in [-0.2, 0) is 91.8 Å². The van der Waals surface area contributed by atoms with Crippen LogP contribution < -0.4 is 26.6 Å². The van der Waals surface area contributed by atoms with E-state index in [-0.39, 0.29) is 118 Å². The normalized spacial score (nSPS) is 15.2. The second kappa shape index (κ2) is 62.3. The number of anilines is 1. The lowest BCUT2D eigenvalue weighted by molar-refractivity contribution is -0.437. The molecule has 3 aromatic carbocycles. The summed E-state index contributed by atoms with van der Waals surface area (Å²) in [5.41, 5.74) is 18.1. The zero-order chi connectivity index (χ0) is 90.1. The highest BCUT2D eigenvalue weighted by Gasteiger charge is 2.44. The quantitative estimate of drug-likeness (QED) is 0.0199. The first-order chi connectivity index (χ1) is 60.6. The summed E-state index contributed by atoms with van der Waals surface area (Å²) in [5.74, 6) is -3.17. The van der Waals surface area contributed by atoms with Gasteiger partial charge in [-0.1, -0.05) is 172 Å². The number of rotatable bonds is 73. The average Bonchev–Trinajstić information content (AvgIpc) is 1.60. The van der Waals surface area contributed by atoms with Gasteiger partial charge in [0.2, 0.25) is 23.4 Å². The van der Waals surface area contributed by atoms with Crippen LogP contribution in [0.4, 0.5) is 11.4 Å². The number of ketones is 4. The van der Waals surface area contributed by atoms with Gasteiger partial charge in [-0.3, -0.25) is 43.2 Å². The number of thioether (sulfide) groups is 1. The second-order valence-corrected chi connectivity index (χ2v) is 34.7. The minimum atomic E-state index is -1.18. The number of nitrogens with two attached hydrogens (primary N) is 1. The van der Waals surface area contributed by atoms with E-state index in [1.165, 1.54) is 120 Å². The number of Topliss-reactive ketones (excluding diaryl/α,β-unsaturated/α-hetero) is 4. The van der Waals surface area contributed by atoms with Crippen LogP contribution in [0, 0.1) is 0 Å². The number of benzene rings is 3. The van der Waals surface area contributed by atoms with E-state index in [4.69, 9.17) is 48.4 Å². The molecule has 2 aliphatic heterocycles. The van der Waals surface area contributed by atoms with Crippen LogP contribution in [0.3, 0.4) is 0 Å². The smallest absolute Gasteiger partial charge is 0.305 e. The Morgan fingerprint density at radius 3 is 1.70 bits per heavy atom. The van der Waals surface area contributed by atoms with Gasteiger partial charge in [0.05, 0.1) is 77.5 Å². The maximum absolute atomic E-state index is 13.7. The van der Waals surface area contributed by atoms with Gasteiger partial charge in [-0.25, -0.2) is 0 Å². The molecule has 0 spiro atoms. The monoisotopic (exact) mass is 1760 g/mol. The summed E-state index contributed by atoms with van der Waals surface area (Å²) in [6, 6.07) is 23.5. The Morgan fingerprint density at radius 2 is 1.07 bits per heavy atom. The molecule has 6 N–H and O–H groups in total. The zero-order valence-corrected chi connectivity index (χ0v) is 77.2. The molecule has 3 aromatic rings. The summed E-state index contributed by atoms with van der Waals surface area (Å²) in [7, 11) is 0. The van der Waals surface area contributed by atoms with E-state index in [0.717, 1.165) is 76.4 Å². The molecular weight excluding hydrogens is 1610 g/mol. The van der Waals surface area contributed by atoms with E-state index in [2.05, 4.69) is 159 Å². The van der Waals surface area contributed by atoms with Crippen LogP contribution in [0.25, 0.3) is 5.57 Å². The minimum Gasteiger partial charge on any atom is -0.465 e. The van der Waals surface area contributed by atoms with Crippen molar-refractivity contribution in [3.63, 3.8) is 0 Å². The van der Waals surface area contributed by atoms with Gasteiger partial charge in [-0.2, -0.15) is 16.3 Å². The lowest BCUT2D eigenvalue weighted by atomic mass is 9.79. The Hall–Kier alpha value is -7.89. The van der Waals surface area contributed by atoms with E-state index in [0.29, 0.717) is 122 Å². The van der Waals surface area contributed by atoms with Crippen LogP contribution in [0.1, 0.15) is 262 Å². The maximum Gasteiger partial charge on any atom is 0.305 e. The lowest BCUT2D eigenvalue weighted by Gasteiger charge is -2.27. The topological polar surface area (TPSA) is 325 Å². The summed E-state index contributed by atoms with van der Waals surface area (Å²) in [5, 5.41) is 18.3. The van der Waals surface area contributed by atoms with Crippen LogP contribution in [-0.4, -0.2) is 230 Å². The molecule has 0 bridgehead atoms. The third kappa shape index (κ3) is 40.1. The molecule has 25 nitrogen and oxygen atoms in total. The number of hydrogen-bond donors (Lipinski definition) is 5.